The molecular formula is C17H19Cl2NO2. The first-order valence-electron chi connectivity index (χ1n) is 7.44. The van der Waals surface area contributed by atoms with Crippen LogP contribution in [0.3, 0.4) is 0 Å². The molecule has 1 aromatic carbocycles. The van der Waals surface area contributed by atoms with E-state index in [2.05, 4.69) is 5.32 Å². The van der Waals surface area contributed by atoms with E-state index in [9.17, 15) is 9.59 Å². The number of amides is 1. The maximum atomic E-state index is 13.0. The van der Waals surface area contributed by atoms with Crippen LogP contribution in [0.5, 0.6) is 0 Å². The van der Waals surface area contributed by atoms with Crippen molar-refractivity contribution in [3.8, 4) is 0 Å². The Morgan fingerprint density at radius 3 is 2.36 bits per heavy atom. The number of anilines is 1. The van der Waals surface area contributed by atoms with Crippen LogP contribution in [-0.2, 0) is 9.59 Å². The molecule has 0 aliphatic heterocycles. The first-order chi connectivity index (χ1) is 10.1. The third kappa shape index (κ3) is 1.82. The third-order valence-electron chi connectivity index (χ3n) is 6.32. The first-order valence-corrected chi connectivity index (χ1v) is 8.19. The fraction of sp³-hybridized carbons (Fsp3) is 0.529. The number of carbonyl (C=O) groups excluding carboxylic acids is 2. The van der Waals surface area contributed by atoms with E-state index in [0.717, 1.165) is 12.8 Å². The lowest BCUT2D eigenvalue weighted by atomic mass is 9.64. The molecule has 3 nitrogen and oxygen atoms in total. The second-order valence-electron chi connectivity index (χ2n) is 7.22. The van der Waals surface area contributed by atoms with Crippen molar-refractivity contribution in [1.82, 2.24) is 0 Å². The normalized spacial score (nSPS) is 32.3. The van der Waals surface area contributed by atoms with Crippen LogP contribution in [0.25, 0.3) is 0 Å². The zero-order valence-corrected chi connectivity index (χ0v) is 14.4. The van der Waals surface area contributed by atoms with Crippen molar-refractivity contribution in [3.05, 3.63) is 28.2 Å². The summed E-state index contributed by atoms with van der Waals surface area (Å²) in [5.41, 5.74) is -0.884. The molecule has 0 saturated heterocycles. The number of nitrogens with one attached hydrogen (secondary N) is 1. The quantitative estimate of drug-likeness (QED) is 0.847. The summed E-state index contributed by atoms with van der Waals surface area (Å²) < 4.78 is 0. The topological polar surface area (TPSA) is 46.2 Å². The van der Waals surface area contributed by atoms with Crippen LogP contribution < -0.4 is 5.32 Å². The van der Waals surface area contributed by atoms with E-state index in [0.29, 0.717) is 22.2 Å². The molecule has 0 aromatic heterocycles. The summed E-state index contributed by atoms with van der Waals surface area (Å²) in [5.74, 6) is 0.0809. The molecule has 1 aromatic rings. The number of hydrogen-bond acceptors (Lipinski definition) is 2. The molecule has 0 unspecified atom stereocenters. The molecular weight excluding hydrogens is 321 g/mol. The SMILES string of the molecule is CC1(C)[C@@]2(C(=O)Nc3ccc(Cl)cc3Cl)CC[C@]1(C)C(=O)C2. The van der Waals surface area contributed by atoms with E-state index in [1.165, 1.54) is 0 Å². The maximum Gasteiger partial charge on any atom is 0.231 e. The fourth-order valence-corrected chi connectivity index (χ4v) is 4.65. The van der Waals surface area contributed by atoms with Gasteiger partial charge in [0.25, 0.3) is 0 Å². The highest BCUT2D eigenvalue weighted by atomic mass is 35.5. The van der Waals surface area contributed by atoms with Gasteiger partial charge >= 0.3 is 0 Å². The predicted molar refractivity (Wildman–Crippen MR) is 88.3 cm³/mol. The Morgan fingerprint density at radius 2 is 1.86 bits per heavy atom. The van der Waals surface area contributed by atoms with Crippen molar-refractivity contribution in [2.45, 2.75) is 40.0 Å². The lowest BCUT2D eigenvalue weighted by Gasteiger charge is -2.38. The van der Waals surface area contributed by atoms with Crippen molar-refractivity contribution < 1.29 is 9.59 Å². The minimum atomic E-state index is -0.651. The molecule has 118 valence electrons. The zero-order valence-electron chi connectivity index (χ0n) is 12.9. The molecule has 2 fully saturated rings. The summed E-state index contributed by atoms with van der Waals surface area (Å²) in [5, 5.41) is 3.83. The van der Waals surface area contributed by atoms with Gasteiger partial charge in [0.05, 0.1) is 16.1 Å². The van der Waals surface area contributed by atoms with Crippen LogP contribution in [-0.4, -0.2) is 11.7 Å². The molecule has 5 heteroatoms. The summed E-state index contributed by atoms with van der Waals surface area (Å²) in [6, 6.07) is 4.97. The second-order valence-corrected chi connectivity index (χ2v) is 8.06. The molecule has 2 saturated carbocycles. The Bertz CT molecular complexity index is 685. The lowest BCUT2D eigenvalue weighted by molar-refractivity contribution is -0.131. The first kappa shape index (κ1) is 15.8. The lowest BCUT2D eigenvalue weighted by Crippen LogP contribution is -2.43. The Labute approximate surface area is 140 Å². The van der Waals surface area contributed by atoms with Crippen molar-refractivity contribution in [2.24, 2.45) is 16.2 Å². The molecule has 0 radical (unpaired) electrons. The van der Waals surface area contributed by atoms with Crippen molar-refractivity contribution >= 4 is 40.6 Å². The summed E-state index contributed by atoms with van der Waals surface area (Å²) in [6.45, 7) is 6.06. The van der Waals surface area contributed by atoms with Gasteiger partial charge in [0.15, 0.2) is 0 Å². The minimum absolute atomic E-state index is 0.115. The van der Waals surface area contributed by atoms with E-state index >= 15 is 0 Å². The van der Waals surface area contributed by atoms with Crippen LogP contribution in [0.2, 0.25) is 10.0 Å². The van der Waals surface area contributed by atoms with Crippen molar-refractivity contribution in [1.29, 1.82) is 0 Å². The van der Waals surface area contributed by atoms with Crippen LogP contribution in [0, 0.1) is 16.2 Å². The number of halogens is 2. The van der Waals surface area contributed by atoms with E-state index < -0.39 is 10.8 Å². The Kier molecular flexibility index (Phi) is 3.39. The number of ketones is 1. The molecule has 3 rings (SSSR count). The summed E-state index contributed by atoms with van der Waals surface area (Å²) in [4.78, 5) is 25.4. The third-order valence-corrected chi connectivity index (χ3v) is 6.87. The van der Waals surface area contributed by atoms with E-state index in [1.807, 2.05) is 20.8 Å². The van der Waals surface area contributed by atoms with Gasteiger partial charge in [-0.25, -0.2) is 0 Å². The predicted octanol–water partition coefficient (Wildman–Crippen LogP) is 4.72. The van der Waals surface area contributed by atoms with Crippen LogP contribution in [0.1, 0.15) is 40.0 Å². The zero-order chi connectivity index (χ0) is 16.3. The average Bonchev–Trinajstić information content (AvgIpc) is 2.72. The number of fused-ring (bicyclic) bond motifs is 2. The molecule has 2 bridgehead atoms. The largest absolute Gasteiger partial charge is 0.324 e. The van der Waals surface area contributed by atoms with Gasteiger partial charge in [-0.1, -0.05) is 44.0 Å². The number of carbonyl (C=O) groups is 2. The molecule has 1 amide bonds. The van der Waals surface area contributed by atoms with Gasteiger partial charge in [0.1, 0.15) is 5.78 Å². The molecule has 0 heterocycles. The van der Waals surface area contributed by atoms with E-state index in [1.54, 1.807) is 18.2 Å². The Morgan fingerprint density at radius 1 is 1.18 bits per heavy atom. The molecule has 2 aliphatic carbocycles. The summed E-state index contributed by atoms with van der Waals surface area (Å²) in [6.07, 6.45) is 1.81. The van der Waals surface area contributed by atoms with Gasteiger partial charge < -0.3 is 5.32 Å². The number of rotatable bonds is 2. The number of Topliss-reactive ketones (excluding diaryl/α,β-unsaturated/α-hetero) is 1. The summed E-state index contributed by atoms with van der Waals surface area (Å²) >= 11 is 12.0. The molecule has 22 heavy (non-hydrogen) atoms. The monoisotopic (exact) mass is 339 g/mol. The van der Waals surface area contributed by atoms with Gasteiger partial charge in [-0.3, -0.25) is 9.59 Å². The highest BCUT2D eigenvalue weighted by molar-refractivity contribution is 6.36. The smallest absolute Gasteiger partial charge is 0.231 e. The highest BCUT2D eigenvalue weighted by Gasteiger charge is 2.72. The highest BCUT2D eigenvalue weighted by Crippen LogP contribution is 2.70. The van der Waals surface area contributed by atoms with Crippen LogP contribution >= 0.6 is 23.2 Å². The Hall–Kier alpha value is -1.06. The van der Waals surface area contributed by atoms with Crippen LogP contribution in [0.4, 0.5) is 5.69 Å². The molecule has 2 atom stereocenters. The van der Waals surface area contributed by atoms with Crippen LogP contribution in [0.15, 0.2) is 18.2 Å². The van der Waals surface area contributed by atoms with E-state index in [4.69, 9.17) is 23.2 Å². The van der Waals surface area contributed by atoms with Gasteiger partial charge in [-0.15, -0.1) is 0 Å². The standard InChI is InChI=1S/C17H19Cl2NO2/c1-15(2)16(3)6-7-17(15,9-13(16)21)14(22)20-12-5-4-10(18)8-11(12)19/h4-5,8H,6-7,9H2,1-3H3,(H,20,22)/t16-,17+/m1/s1. The molecule has 1 N–H and O–H groups in total. The van der Waals surface area contributed by atoms with Gasteiger partial charge in [0, 0.05) is 16.9 Å². The van der Waals surface area contributed by atoms with Gasteiger partial charge in [0.2, 0.25) is 5.91 Å². The molecule has 2 aliphatic rings. The van der Waals surface area contributed by atoms with E-state index in [-0.39, 0.29) is 17.1 Å². The number of benzene rings is 1. The van der Waals surface area contributed by atoms with Gasteiger partial charge in [-0.2, -0.15) is 0 Å². The fourth-order valence-electron chi connectivity index (χ4n) is 4.19. The maximum absolute atomic E-state index is 13.0. The van der Waals surface area contributed by atoms with Gasteiger partial charge in [-0.05, 0) is 36.5 Å². The molecule has 0 spiro atoms. The van der Waals surface area contributed by atoms with Crippen molar-refractivity contribution in [3.63, 3.8) is 0 Å². The second kappa shape index (κ2) is 4.72. The summed E-state index contributed by atoms with van der Waals surface area (Å²) in [7, 11) is 0. The average molecular weight is 340 g/mol. The van der Waals surface area contributed by atoms with Crippen molar-refractivity contribution in [2.75, 3.05) is 5.32 Å². The minimum Gasteiger partial charge on any atom is -0.324 e. The number of hydrogen-bond donors (Lipinski definition) is 1. The Balaban J connectivity index is 1.94.